The minimum absolute atomic E-state index is 0.113. The average Bonchev–Trinajstić information content (AvgIpc) is 2.10. The van der Waals surface area contributed by atoms with E-state index in [0.29, 0.717) is 32.7 Å². The van der Waals surface area contributed by atoms with Crippen molar-refractivity contribution in [1.29, 1.82) is 0 Å². The van der Waals surface area contributed by atoms with E-state index in [2.05, 4.69) is 5.32 Å². The third kappa shape index (κ3) is 1.88. The standard InChI is InChI=1S/C10H18F2N2O/c1-15-5-4-14-3-2-9(6-13-7-9)10(11,12)8-14/h13H,2-8H2,1H3. The van der Waals surface area contributed by atoms with E-state index in [1.165, 1.54) is 0 Å². The number of hydrogen-bond acceptors (Lipinski definition) is 3. The highest BCUT2D eigenvalue weighted by Gasteiger charge is 2.59. The van der Waals surface area contributed by atoms with Crippen LogP contribution in [0.25, 0.3) is 0 Å². The molecule has 0 unspecified atom stereocenters. The Morgan fingerprint density at radius 1 is 1.40 bits per heavy atom. The van der Waals surface area contributed by atoms with Gasteiger partial charge in [0.2, 0.25) is 0 Å². The van der Waals surface area contributed by atoms with Crippen molar-refractivity contribution < 1.29 is 13.5 Å². The van der Waals surface area contributed by atoms with Gasteiger partial charge in [-0.2, -0.15) is 0 Å². The maximum atomic E-state index is 13.9. The molecule has 0 aliphatic carbocycles. The molecule has 88 valence electrons. The van der Waals surface area contributed by atoms with Crippen LogP contribution in [0.3, 0.4) is 0 Å². The quantitative estimate of drug-likeness (QED) is 0.752. The average molecular weight is 220 g/mol. The van der Waals surface area contributed by atoms with Gasteiger partial charge >= 0.3 is 0 Å². The fourth-order valence-electron chi connectivity index (χ4n) is 2.36. The summed E-state index contributed by atoms with van der Waals surface area (Å²) in [5.41, 5.74) is -0.753. The first-order valence-corrected chi connectivity index (χ1v) is 5.39. The number of rotatable bonds is 3. The van der Waals surface area contributed by atoms with Gasteiger partial charge in [0.1, 0.15) is 0 Å². The maximum Gasteiger partial charge on any atom is 0.268 e. The van der Waals surface area contributed by atoms with Gasteiger partial charge in [-0.05, 0) is 13.0 Å². The Kier molecular flexibility index (Phi) is 2.96. The zero-order valence-electron chi connectivity index (χ0n) is 9.06. The molecule has 0 aromatic carbocycles. The topological polar surface area (TPSA) is 24.5 Å². The van der Waals surface area contributed by atoms with E-state index in [0.717, 1.165) is 6.54 Å². The molecule has 2 aliphatic rings. The van der Waals surface area contributed by atoms with E-state index < -0.39 is 11.3 Å². The summed E-state index contributed by atoms with van der Waals surface area (Å²) in [5, 5.41) is 2.96. The Morgan fingerprint density at radius 2 is 2.13 bits per heavy atom. The summed E-state index contributed by atoms with van der Waals surface area (Å²) in [4.78, 5) is 1.80. The highest BCUT2D eigenvalue weighted by Crippen LogP contribution is 2.46. The molecule has 2 rings (SSSR count). The fraction of sp³-hybridized carbons (Fsp3) is 1.00. The van der Waals surface area contributed by atoms with Gasteiger partial charge in [0, 0.05) is 26.7 Å². The van der Waals surface area contributed by atoms with Gasteiger partial charge in [-0.25, -0.2) is 8.78 Å². The van der Waals surface area contributed by atoms with Gasteiger partial charge in [0.15, 0.2) is 0 Å². The normalized spacial score (nSPS) is 29.0. The second-order valence-electron chi connectivity index (χ2n) is 4.61. The van der Waals surface area contributed by atoms with Gasteiger partial charge in [-0.15, -0.1) is 0 Å². The van der Waals surface area contributed by atoms with E-state index in [4.69, 9.17) is 4.74 Å². The van der Waals surface area contributed by atoms with Gasteiger partial charge in [-0.1, -0.05) is 0 Å². The summed E-state index contributed by atoms with van der Waals surface area (Å²) in [6.45, 7) is 2.73. The van der Waals surface area contributed by atoms with Crippen LogP contribution in [0.5, 0.6) is 0 Å². The summed E-state index contributed by atoms with van der Waals surface area (Å²) in [7, 11) is 1.60. The maximum absolute atomic E-state index is 13.9. The molecule has 0 saturated carbocycles. The zero-order chi connectivity index (χ0) is 10.9. The molecule has 0 bridgehead atoms. The smallest absolute Gasteiger partial charge is 0.268 e. The molecule has 2 heterocycles. The van der Waals surface area contributed by atoms with E-state index in [1.54, 1.807) is 12.0 Å². The van der Waals surface area contributed by atoms with Crippen LogP contribution in [0.4, 0.5) is 8.78 Å². The first-order valence-electron chi connectivity index (χ1n) is 5.39. The molecule has 0 amide bonds. The van der Waals surface area contributed by atoms with E-state index in [9.17, 15) is 8.78 Å². The Hall–Kier alpha value is -0.260. The van der Waals surface area contributed by atoms with Crippen LogP contribution in [0, 0.1) is 5.41 Å². The number of methoxy groups -OCH3 is 1. The van der Waals surface area contributed by atoms with Crippen molar-refractivity contribution in [1.82, 2.24) is 10.2 Å². The van der Waals surface area contributed by atoms with Crippen molar-refractivity contribution in [3.8, 4) is 0 Å². The minimum Gasteiger partial charge on any atom is -0.383 e. The summed E-state index contributed by atoms with van der Waals surface area (Å²) in [6.07, 6.45) is 0.594. The Labute approximate surface area is 88.8 Å². The lowest BCUT2D eigenvalue weighted by Crippen LogP contribution is -2.69. The SMILES string of the molecule is COCCN1CCC2(CNC2)C(F)(F)C1. The van der Waals surface area contributed by atoms with Gasteiger partial charge in [0.05, 0.1) is 18.6 Å². The van der Waals surface area contributed by atoms with Crippen LogP contribution in [0.2, 0.25) is 0 Å². The van der Waals surface area contributed by atoms with E-state index in [-0.39, 0.29) is 6.54 Å². The number of nitrogens with zero attached hydrogens (tertiary/aromatic N) is 1. The predicted molar refractivity (Wildman–Crippen MR) is 53.2 cm³/mol. The molecule has 1 N–H and O–H groups in total. The van der Waals surface area contributed by atoms with Crippen molar-refractivity contribution in [3.05, 3.63) is 0 Å². The lowest BCUT2D eigenvalue weighted by Gasteiger charge is -2.53. The molecule has 3 nitrogen and oxygen atoms in total. The third-order valence-corrected chi connectivity index (χ3v) is 3.64. The molecule has 15 heavy (non-hydrogen) atoms. The Balaban J connectivity index is 1.92. The predicted octanol–water partition coefficient (Wildman–Crippen LogP) is 0.563. The van der Waals surface area contributed by atoms with Crippen molar-refractivity contribution in [2.75, 3.05) is 46.4 Å². The summed E-state index contributed by atoms with van der Waals surface area (Å²) in [5.74, 6) is -2.55. The molecule has 2 saturated heterocycles. The highest BCUT2D eigenvalue weighted by molar-refractivity contribution is 5.06. The molecule has 0 radical (unpaired) electrons. The van der Waals surface area contributed by atoms with Gasteiger partial charge in [-0.3, -0.25) is 4.90 Å². The zero-order valence-corrected chi connectivity index (χ0v) is 9.06. The molecule has 0 atom stereocenters. The summed E-state index contributed by atoms with van der Waals surface area (Å²) >= 11 is 0. The largest absolute Gasteiger partial charge is 0.383 e. The molecular formula is C10H18F2N2O. The van der Waals surface area contributed by atoms with Crippen molar-refractivity contribution in [2.45, 2.75) is 12.3 Å². The molecule has 0 aromatic heterocycles. The van der Waals surface area contributed by atoms with Crippen molar-refractivity contribution >= 4 is 0 Å². The van der Waals surface area contributed by atoms with Crippen LogP contribution in [-0.2, 0) is 4.74 Å². The monoisotopic (exact) mass is 220 g/mol. The lowest BCUT2D eigenvalue weighted by atomic mass is 9.70. The minimum atomic E-state index is -2.55. The number of ether oxygens (including phenoxy) is 1. The summed E-state index contributed by atoms with van der Waals surface area (Å²) in [6, 6.07) is 0. The molecular weight excluding hydrogens is 202 g/mol. The number of alkyl halides is 2. The van der Waals surface area contributed by atoms with Crippen molar-refractivity contribution in [2.24, 2.45) is 5.41 Å². The number of likely N-dealkylation sites (tertiary alicyclic amines) is 1. The highest BCUT2D eigenvalue weighted by atomic mass is 19.3. The first kappa shape index (κ1) is 11.2. The number of hydrogen-bond donors (Lipinski definition) is 1. The van der Waals surface area contributed by atoms with Crippen LogP contribution < -0.4 is 5.32 Å². The van der Waals surface area contributed by atoms with Crippen LogP contribution in [0.1, 0.15) is 6.42 Å². The fourth-order valence-corrected chi connectivity index (χ4v) is 2.36. The molecule has 2 aliphatic heterocycles. The second kappa shape index (κ2) is 3.96. The van der Waals surface area contributed by atoms with Gasteiger partial charge in [0.25, 0.3) is 5.92 Å². The Morgan fingerprint density at radius 3 is 2.60 bits per heavy atom. The second-order valence-corrected chi connectivity index (χ2v) is 4.61. The number of nitrogens with one attached hydrogen (secondary N) is 1. The summed E-state index contributed by atoms with van der Waals surface area (Å²) < 4.78 is 32.6. The molecule has 0 aromatic rings. The van der Waals surface area contributed by atoms with Crippen LogP contribution in [0.15, 0.2) is 0 Å². The number of piperidine rings is 1. The molecule has 1 spiro atoms. The van der Waals surface area contributed by atoms with Crippen molar-refractivity contribution in [3.63, 3.8) is 0 Å². The molecule has 5 heteroatoms. The van der Waals surface area contributed by atoms with Crippen LogP contribution >= 0.6 is 0 Å². The third-order valence-electron chi connectivity index (χ3n) is 3.64. The lowest BCUT2D eigenvalue weighted by molar-refractivity contribution is -0.189. The first-order chi connectivity index (χ1) is 7.10. The van der Waals surface area contributed by atoms with E-state index in [1.807, 2.05) is 0 Å². The van der Waals surface area contributed by atoms with Gasteiger partial charge < -0.3 is 10.1 Å². The van der Waals surface area contributed by atoms with E-state index >= 15 is 0 Å². The Bertz CT molecular complexity index is 231. The van der Waals surface area contributed by atoms with Crippen LogP contribution in [-0.4, -0.2) is 57.3 Å². The number of halogens is 2. The molecule has 2 fully saturated rings.